The topological polar surface area (TPSA) is 67.2 Å². The lowest BCUT2D eigenvalue weighted by Crippen LogP contribution is -2.30. The number of carbonyl (C=O) groups is 2. The van der Waals surface area contributed by atoms with Crippen LogP contribution in [0.15, 0.2) is 60.7 Å². The third-order valence-electron chi connectivity index (χ3n) is 5.71. The molecule has 0 fully saturated rings. The van der Waals surface area contributed by atoms with Crippen molar-refractivity contribution in [2.24, 2.45) is 0 Å². The van der Waals surface area contributed by atoms with Crippen molar-refractivity contribution in [2.45, 2.75) is 33.9 Å². The summed E-state index contributed by atoms with van der Waals surface area (Å²) in [7, 11) is 0. The lowest BCUT2D eigenvalue weighted by Gasteiger charge is -2.18. The Labute approximate surface area is 197 Å². The Morgan fingerprint density at radius 2 is 1.70 bits per heavy atom. The number of nitrogens with zero attached hydrogens (tertiary/aromatic N) is 3. The maximum Gasteiger partial charge on any atom is 0.261 e. The van der Waals surface area contributed by atoms with Gasteiger partial charge in [-0.25, -0.2) is 0 Å². The highest BCUT2D eigenvalue weighted by Crippen LogP contribution is 2.29. The molecule has 2 aromatic carbocycles. The molecule has 0 atom stereocenters. The van der Waals surface area contributed by atoms with E-state index in [1.807, 2.05) is 74.0 Å². The number of benzene rings is 2. The number of aryl methyl sites for hydroxylation is 1. The SMILES string of the molecule is CCN(CC)C(=O)c1ccc(CNC(=O)c2cc3c(C)nn(Cc4ccccc4)c3s2)cc1. The maximum absolute atomic E-state index is 12.8. The molecule has 0 saturated heterocycles. The quantitative estimate of drug-likeness (QED) is 0.408. The number of aromatic nitrogens is 2. The fourth-order valence-electron chi connectivity index (χ4n) is 3.82. The van der Waals surface area contributed by atoms with E-state index in [-0.39, 0.29) is 11.8 Å². The summed E-state index contributed by atoms with van der Waals surface area (Å²) in [6.07, 6.45) is 0. The van der Waals surface area contributed by atoms with Crippen LogP contribution in [0.5, 0.6) is 0 Å². The minimum atomic E-state index is -0.106. The van der Waals surface area contributed by atoms with Gasteiger partial charge in [0.25, 0.3) is 11.8 Å². The Kier molecular flexibility index (Phi) is 6.89. The highest BCUT2D eigenvalue weighted by atomic mass is 32.1. The average molecular weight is 461 g/mol. The summed E-state index contributed by atoms with van der Waals surface area (Å²) in [6, 6.07) is 19.5. The number of hydrogen-bond donors (Lipinski definition) is 1. The molecule has 0 spiro atoms. The molecular weight excluding hydrogens is 432 g/mol. The molecule has 0 unspecified atom stereocenters. The van der Waals surface area contributed by atoms with Gasteiger partial charge in [0.15, 0.2) is 0 Å². The minimum Gasteiger partial charge on any atom is -0.347 e. The van der Waals surface area contributed by atoms with Crippen LogP contribution in [0.25, 0.3) is 10.2 Å². The van der Waals surface area contributed by atoms with Crippen molar-refractivity contribution in [1.29, 1.82) is 0 Å². The smallest absolute Gasteiger partial charge is 0.261 e. The van der Waals surface area contributed by atoms with Crippen LogP contribution in [0, 0.1) is 6.92 Å². The van der Waals surface area contributed by atoms with Crippen LogP contribution >= 0.6 is 11.3 Å². The lowest BCUT2D eigenvalue weighted by molar-refractivity contribution is 0.0772. The van der Waals surface area contributed by atoms with Gasteiger partial charge in [0, 0.05) is 30.6 Å². The first-order valence-electron chi connectivity index (χ1n) is 11.2. The number of rotatable bonds is 8. The standard InChI is InChI=1S/C26H28N4O2S/c1-4-29(5-2)25(32)21-13-11-19(12-14-21)16-27-24(31)23-15-22-18(3)28-30(26(22)33-23)17-20-9-7-6-8-10-20/h6-15H,4-5,16-17H2,1-3H3,(H,27,31). The molecule has 4 aromatic rings. The summed E-state index contributed by atoms with van der Waals surface area (Å²) in [6.45, 7) is 8.36. The highest BCUT2D eigenvalue weighted by molar-refractivity contribution is 7.20. The van der Waals surface area contributed by atoms with Gasteiger partial charge in [-0.15, -0.1) is 11.3 Å². The molecular formula is C26H28N4O2S. The van der Waals surface area contributed by atoms with Crippen LogP contribution in [0.1, 0.15) is 50.7 Å². The first-order valence-corrected chi connectivity index (χ1v) is 12.0. The lowest BCUT2D eigenvalue weighted by atomic mass is 10.1. The van der Waals surface area contributed by atoms with Gasteiger partial charge in [-0.2, -0.15) is 5.10 Å². The predicted octanol–water partition coefficient (Wildman–Crippen LogP) is 4.87. The molecule has 4 rings (SSSR count). The van der Waals surface area contributed by atoms with Crippen LogP contribution in [-0.4, -0.2) is 39.6 Å². The van der Waals surface area contributed by atoms with Gasteiger partial charge in [0.05, 0.1) is 17.1 Å². The Bertz CT molecular complexity index is 1250. The monoisotopic (exact) mass is 460 g/mol. The molecule has 1 N–H and O–H groups in total. The maximum atomic E-state index is 12.8. The number of thiophene rings is 1. The molecule has 2 aromatic heterocycles. The summed E-state index contributed by atoms with van der Waals surface area (Å²) in [5.74, 6) is -0.0778. The van der Waals surface area contributed by atoms with Gasteiger partial charge in [-0.1, -0.05) is 42.5 Å². The fourth-order valence-corrected chi connectivity index (χ4v) is 4.89. The summed E-state index contributed by atoms with van der Waals surface area (Å²) in [5.41, 5.74) is 3.71. The highest BCUT2D eigenvalue weighted by Gasteiger charge is 2.17. The molecule has 0 radical (unpaired) electrons. The van der Waals surface area contributed by atoms with E-state index in [0.29, 0.717) is 36.6 Å². The van der Waals surface area contributed by atoms with Crippen molar-refractivity contribution in [3.05, 3.63) is 87.9 Å². The second kappa shape index (κ2) is 10.0. The van der Waals surface area contributed by atoms with Crippen molar-refractivity contribution >= 4 is 33.4 Å². The third kappa shape index (κ3) is 4.98. The number of fused-ring (bicyclic) bond motifs is 1. The van der Waals surface area contributed by atoms with Gasteiger partial charge in [0.2, 0.25) is 0 Å². The number of carbonyl (C=O) groups excluding carboxylic acids is 2. The van der Waals surface area contributed by atoms with E-state index in [0.717, 1.165) is 21.5 Å². The van der Waals surface area contributed by atoms with Gasteiger partial charge < -0.3 is 10.2 Å². The zero-order valence-electron chi connectivity index (χ0n) is 19.2. The first kappa shape index (κ1) is 22.7. The van der Waals surface area contributed by atoms with Crippen LogP contribution in [-0.2, 0) is 13.1 Å². The van der Waals surface area contributed by atoms with Crippen molar-refractivity contribution in [1.82, 2.24) is 20.0 Å². The van der Waals surface area contributed by atoms with Crippen LogP contribution in [0.4, 0.5) is 0 Å². The van der Waals surface area contributed by atoms with Crippen LogP contribution < -0.4 is 5.32 Å². The van der Waals surface area contributed by atoms with E-state index >= 15 is 0 Å². The second-order valence-electron chi connectivity index (χ2n) is 7.92. The Morgan fingerprint density at radius 1 is 1.00 bits per heavy atom. The zero-order chi connectivity index (χ0) is 23.4. The first-order chi connectivity index (χ1) is 16.0. The number of hydrogen-bond acceptors (Lipinski definition) is 4. The largest absolute Gasteiger partial charge is 0.347 e. The van der Waals surface area contributed by atoms with E-state index in [1.54, 1.807) is 4.90 Å². The summed E-state index contributed by atoms with van der Waals surface area (Å²) >= 11 is 1.46. The molecule has 7 heteroatoms. The average Bonchev–Trinajstić information content (AvgIpc) is 3.40. The molecule has 33 heavy (non-hydrogen) atoms. The van der Waals surface area contributed by atoms with Gasteiger partial charge in [-0.05, 0) is 50.1 Å². The molecule has 2 amide bonds. The second-order valence-corrected chi connectivity index (χ2v) is 8.95. The number of amides is 2. The molecule has 0 saturated carbocycles. The molecule has 0 bridgehead atoms. The third-order valence-corrected chi connectivity index (χ3v) is 6.86. The summed E-state index contributed by atoms with van der Waals surface area (Å²) in [5, 5.41) is 8.66. The Hall–Kier alpha value is -3.45. The van der Waals surface area contributed by atoms with Crippen LogP contribution in [0.2, 0.25) is 0 Å². The van der Waals surface area contributed by atoms with E-state index in [1.165, 1.54) is 16.9 Å². The van der Waals surface area contributed by atoms with Gasteiger partial charge >= 0.3 is 0 Å². The van der Waals surface area contributed by atoms with Crippen molar-refractivity contribution < 1.29 is 9.59 Å². The van der Waals surface area contributed by atoms with Gasteiger partial charge in [-0.3, -0.25) is 14.3 Å². The van der Waals surface area contributed by atoms with E-state index in [2.05, 4.69) is 22.5 Å². The molecule has 0 aliphatic heterocycles. The van der Waals surface area contributed by atoms with E-state index in [9.17, 15) is 9.59 Å². The fraction of sp³-hybridized carbons (Fsp3) is 0.269. The molecule has 0 aliphatic rings. The zero-order valence-corrected chi connectivity index (χ0v) is 20.0. The summed E-state index contributed by atoms with van der Waals surface area (Å²) in [4.78, 5) is 28.7. The molecule has 6 nitrogen and oxygen atoms in total. The minimum absolute atomic E-state index is 0.0285. The normalized spacial score (nSPS) is 11.0. The molecule has 0 aliphatic carbocycles. The van der Waals surface area contributed by atoms with Crippen molar-refractivity contribution in [3.8, 4) is 0 Å². The Balaban J connectivity index is 1.43. The predicted molar refractivity (Wildman–Crippen MR) is 133 cm³/mol. The van der Waals surface area contributed by atoms with E-state index < -0.39 is 0 Å². The van der Waals surface area contributed by atoms with Crippen LogP contribution in [0.3, 0.4) is 0 Å². The van der Waals surface area contributed by atoms with Crippen molar-refractivity contribution in [3.63, 3.8) is 0 Å². The Morgan fingerprint density at radius 3 is 2.36 bits per heavy atom. The number of nitrogens with one attached hydrogen (secondary N) is 1. The molecule has 170 valence electrons. The van der Waals surface area contributed by atoms with Gasteiger partial charge in [0.1, 0.15) is 4.83 Å². The summed E-state index contributed by atoms with van der Waals surface area (Å²) < 4.78 is 1.97. The van der Waals surface area contributed by atoms with Crippen molar-refractivity contribution in [2.75, 3.05) is 13.1 Å². The molecule has 2 heterocycles. The van der Waals surface area contributed by atoms with E-state index in [4.69, 9.17) is 0 Å².